The number of aromatic hydroxyl groups is 1. The first-order chi connectivity index (χ1) is 9.88. The Balaban J connectivity index is 1.86. The van der Waals surface area contributed by atoms with Gasteiger partial charge in [0.05, 0.1) is 0 Å². The molecule has 2 aliphatic carbocycles. The molecule has 0 aromatic heterocycles. The molecule has 2 fully saturated rings. The molecule has 3 nitrogen and oxygen atoms in total. The molecule has 3 N–H and O–H groups in total. The molecule has 114 valence electrons. The first-order valence-corrected chi connectivity index (χ1v) is 8.22. The molecular formula is C18H25NO2. The van der Waals surface area contributed by atoms with Crippen molar-refractivity contribution in [3.05, 3.63) is 23.3 Å². The molecular weight excluding hydrogens is 262 g/mol. The molecule has 4 atom stereocenters. The third-order valence-corrected chi connectivity index (χ3v) is 6.29. The Bertz CT molecular complexity index is 609. The van der Waals surface area contributed by atoms with E-state index in [2.05, 4.69) is 26.8 Å². The van der Waals surface area contributed by atoms with Gasteiger partial charge in [-0.1, -0.05) is 27.2 Å². The zero-order valence-corrected chi connectivity index (χ0v) is 13.1. The molecule has 21 heavy (non-hydrogen) atoms. The third kappa shape index (κ3) is 1.53. The molecule has 0 radical (unpaired) electrons. The Hall–Kier alpha value is -1.22. The van der Waals surface area contributed by atoms with Crippen molar-refractivity contribution in [2.75, 3.05) is 0 Å². The lowest BCUT2D eigenvalue weighted by molar-refractivity contribution is -0.126. The van der Waals surface area contributed by atoms with E-state index in [0.29, 0.717) is 23.5 Å². The Labute approximate surface area is 126 Å². The van der Waals surface area contributed by atoms with Crippen molar-refractivity contribution in [1.82, 2.24) is 0 Å². The van der Waals surface area contributed by atoms with Crippen LogP contribution >= 0.6 is 0 Å². The predicted octanol–water partition coefficient (Wildman–Crippen LogP) is 3.54. The van der Waals surface area contributed by atoms with Crippen LogP contribution in [0, 0.1) is 17.3 Å². The van der Waals surface area contributed by atoms with Gasteiger partial charge in [0.25, 0.3) is 0 Å². The van der Waals surface area contributed by atoms with Crippen LogP contribution in [0.4, 0.5) is 0 Å². The van der Waals surface area contributed by atoms with E-state index in [1.165, 1.54) is 0 Å². The number of aryl methyl sites for hydroxylation is 1. The fourth-order valence-corrected chi connectivity index (χ4v) is 5.36. The van der Waals surface area contributed by atoms with Crippen molar-refractivity contribution in [2.45, 2.75) is 58.1 Å². The standard InChI is InChI=1S/C18H25NO2/c1-4-5-10-8-12(20)14-13(9-10)21-18(19)7-6-11-15(18)16(14)17(11,2)3/h8-9,11,15-16,20H,4-7,19H2,1-3H3/t11?,15-,16-,18-/m1/s1. The summed E-state index contributed by atoms with van der Waals surface area (Å²) in [6.45, 7) is 6.78. The van der Waals surface area contributed by atoms with Gasteiger partial charge >= 0.3 is 0 Å². The number of phenolic OH excluding ortho intramolecular Hbond substituents is 1. The zero-order chi connectivity index (χ0) is 15.0. The summed E-state index contributed by atoms with van der Waals surface area (Å²) >= 11 is 0. The van der Waals surface area contributed by atoms with E-state index in [-0.39, 0.29) is 5.41 Å². The molecule has 0 bridgehead atoms. The number of benzene rings is 1. The molecule has 3 aliphatic rings. The van der Waals surface area contributed by atoms with Crippen LogP contribution in [0.3, 0.4) is 0 Å². The molecule has 1 unspecified atom stereocenters. The van der Waals surface area contributed by atoms with Gasteiger partial charge in [-0.3, -0.25) is 5.73 Å². The highest BCUT2D eigenvalue weighted by Gasteiger charge is 2.70. The summed E-state index contributed by atoms with van der Waals surface area (Å²) in [6, 6.07) is 4.03. The van der Waals surface area contributed by atoms with E-state index in [9.17, 15) is 5.11 Å². The zero-order valence-electron chi connectivity index (χ0n) is 13.1. The highest BCUT2D eigenvalue weighted by atomic mass is 16.5. The molecule has 0 saturated heterocycles. The number of phenols is 1. The number of nitrogens with two attached hydrogens (primary N) is 1. The van der Waals surface area contributed by atoms with Gasteiger partial charge in [0.1, 0.15) is 11.5 Å². The van der Waals surface area contributed by atoms with Gasteiger partial charge in [0.15, 0.2) is 5.72 Å². The number of ether oxygens (including phenoxy) is 1. The first-order valence-electron chi connectivity index (χ1n) is 8.22. The van der Waals surface area contributed by atoms with Crippen molar-refractivity contribution < 1.29 is 9.84 Å². The summed E-state index contributed by atoms with van der Waals surface area (Å²) in [7, 11) is 0. The second-order valence-electron chi connectivity index (χ2n) is 7.80. The quantitative estimate of drug-likeness (QED) is 0.874. The second kappa shape index (κ2) is 3.95. The van der Waals surface area contributed by atoms with Gasteiger partial charge in [-0.15, -0.1) is 0 Å². The van der Waals surface area contributed by atoms with Crippen LogP contribution in [0.2, 0.25) is 0 Å². The van der Waals surface area contributed by atoms with E-state index in [0.717, 1.165) is 42.6 Å². The Morgan fingerprint density at radius 2 is 2.14 bits per heavy atom. The minimum absolute atomic E-state index is 0.202. The van der Waals surface area contributed by atoms with Crippen molar-refractivity contribution in [3.8, 4) is 11.5 Å². The van der Waals surface area contributed by atoms with E-state index < -0.39 is 5.72 Å². The molecule has 1 heterocycles. The van der Waals surface area contributed by atoms with E-state index in [4.69, 9.17) is 10.5 Å². The molecule has 1 aromatic carbocycles. The lowest BCUT2D eigenvalue weighted by Gasteiger charge is -2.61. The van der Waals surface area contributed by atoms with Crippen LogP contribution in [0.1, 0.15) is 57.1 Å². The van der Waals surface area contributed by atoms with Crippen LogP contribution in [-0.4, -0.2) is 10.8 Å². The molecule has 1 aromatic rings. The van der Waals surface area contributed by atoms with E-state index in [1.807, 2.05) is 6.07 Å². The molecule has 2 saturated carbocycles. The van der Waals surface area contributed by atoms with E-state index in [1.54, 1.807) is 0 Å². The van der Waals surface area contributed by atoms with Crippen molar-refractivity contribution in [1.29, 1.82) is 0 Å². The van der Waals surface area contributed by atoms with Crippen LogP contribution in [0.15, 0.2) is 12.1 Å². The molecule has 3 heteroatoms. The largest absolute Gasteiger partial charge is 0.508 e. The second-order valence-corrected chi connectivity index (χ2v) is 7.80. The minimum Gasteiger partial charge on any atom is -0.508 e. The Morgan fingerprint density at radius 1 is 1.38 bits per heavy atom. The SMILES string of the molecule is CCCc1cc(O)c2c(c1)O[C@]1(N)CCC3[C@@H]1[C@@H]2C3(C)C. The van der Waals surface area contributed by atoms with Gasteiger partial charge in [-0.2, -0.15) is 0 Å². The average Bonchev–Trinajstić information content (AvgIpc) is 2.72. The molecule has 0 amide bonds. The smallest absolute Gasteiger partial charge is 0.162 e. The topological polar surface area (TPSA) is 55.5 Å². The average molecular weight is 287 g/mol. The first kappa shape index (κ1) is 13.4. The number of fused-ring (bicyclic) bond motifs is 2. The predicted molar refractivity (Wildman–Crippen MR) is 82.4 cm³/mol. The fourth-order valence-electron chi connectivity index (χ4n) is 5.36. The maximum Gasteiger partial charge on any atom is 0.162 e. The maximum absolute atomic E-state index is 10.6. The summed E-state index contributed by atoms with van der Waals surface area (Å²) in [4.78, 5) is 0. The Kier molecular flexibility index (Phi) is 2.53. The van der Waals surface area contributed by atoms with E-state index >= 15 is 0 Å². The van der Waals surface area contributed by atoms with Crippen LogP contribution < -0.4 is 10.5 Å². The fraction of sp³-hybridized carbons (Fsp3) is 0.667. The molecule has 4 rings (SSSR count). The summed E-state index contributed by atoms with van der Waals surface area (Å²) < 4.78 is 6.22. The summed E-state index contributed by atoms with van der Waals surface area (Å²) in [5.74, 6) is 2.55. The van der Waals surface area contributed by atoms with Crippen molar-refractivity contribution in [2.24, 2.45) is 23.0 Å². The van der Waals surface area contributed by atoms with Crippen LogP contribution in [0.5, 0.6) is 11.5 Å². The van der Waals surface area contributed by atoms with Gasteiger partial charge in [0.2, 0.25) is 0 Å². The third-order valence-electron chi connectivity index (χ3n) is 6.29. The van der Waals surface area contributed by atoms with Crippen molar-refractivity contribution in [3.63, 3.8) is 0 Å². The molecule has 0 spiro atoms. The van der Waals surface area contributed by atoms with Gasteiger partial charge < -0.3 is 9.84 Å². The van der Waals surface area contributed by atoms with Gasteiger partial charge in [-0.25, -0.2) is 0 Å². The Morgan fingerprint density at radius 3 is 2.86 bits per heavy atom. The lowest BCUT2D eigenvalue weighted by Crippen LogP contribution is -2.64. The molecule has 1 aliphatic heterocycles. The minimum atomic E-state index is -0.519. The van der Waals surface area contributed by atoms with Gasteiger partial charge in [0, 0.05) is 23.8 Å². The van der Waals surface area contributed by atoms with Gasteiger partial charge in [-0.05, 0) is 41.9 Å². The summed E-state index contributed by atoms with van der Waals surface area (Å²) in [6.07, 6.45) is 4.09. The summed E-state index contributed by atoms with van der Waals surface area (Å²) in [5, 5.41) is 10.6. The monoisotopic (exact) mass is 287 g/mol. The van der Waals surface area contributed by atoms with Crippen LogP contribution in [0.25, 0.3) is 0 Å². The summed E-state index contributed by atoms with van der Waals surface area (Å²) in [5.41, 5.74) is 8.42. The maximum atomic E-state index is 10.6. The van der Waals surface area contributed by atoms with Crippen molar-refractivity contribution >= 4 is 0 Å². The lowest BCUT2D eigenvalue weighted by atomic mass is 9.46. The van der Waals surface area contributed by atoms with Crippen LogP contribution in [-0.2, 0) is 6.42 Å². The number of rotatable bonds is 2. The highest BCUT2D eigenvalue weighted by molar-refractivity contribution is 5.54. The number of hydrogen-bond donors (Lipinski definition) is 2. The normalized spacial score (nSPS) is 38.2. The highest BCUT2D eigenvalue weighted by Crippen LogP contribution is 2.73. The number of hydrogen-bond acceptors (Lipinski definition) is 3.